The van der Waals surface area contributed by atoms with E-state index in [9.17, 15) is 4.79 Å². The summed E-state index contributed by atoms with van der Waals surface area (Å²) < 4.78 is 11.9. The summed E-state index contributed by atoms with van der Waals surface area (Å²) in [5, 5.41) is 5.36. The van der Waals surface area contributed by atoms with Crippen LogP contribution in [0.15, 0.2) is 74.4 Å². The second kappa shape index (κ2) is 8.70. The summed E-state index contributed by atoms with van der Waals surface area (Å²) in [6.45, 7) is 0. The zero-order valence-electron chi connectivity index (χ0n) is 15.2. The van der Waals surface area contributed by atoms with Gasteiger partial charge in [-0.25, -0.2) is 10.4 Å². The van der Waals surface area contributed by atoms with E-state index < -0.39 is 0 Å². The molecule has 1 amide bonds. The number of hydrogen-bond donors (Lipinski definition) is 2. The number of hydrazone groups is 1. The van der Waals surface area contributed by atoms with E-state index in [1.807, 2.05) is 36.4 Å². The van der Waals surface area contributed by atoms with Crippen LogP contribution >= 0.6 is 34.4 Å². The van der Waals surface area contributed by atoms with Gasteiger partial charge in [-0.1, -0.05) is 12.1 Å². The van der Waals surface area contributed by atoms with E-state index in [1.54, 1.807) is 25.3 Å². The molecule has 0 bridgehead atoms. The topological polar surface area (TPSA) is 92.5 Å². The molecule has 0 unspecified atom stereocenters. The average molecular weight is 518 g/mol. The van der Waals surface area contributed by atoms with Crippen LogP contribution in [-0.4, -0.2) is 29.2 Å². The maximum Gasteiger partial charge on any atom is 0.271 e. The van der Waals surface area contributed by atoms with Gasteiger partial charge in [0, 0.05) is 5.56 Å². The van der Waals surface area contributed by atoms with Crippen LogP contribution in [0.2, 0.25) is 0 Å². The number of H-pyrrole nitrogens is 1. The van der Waals surface area contributed by atoms with Crippen LogP contribution in [0.5, 0.6) is 5.75 Å². The zero-order chi connectivity index (χ0) is 20.2. The van der Waals surface area contributed by atoms with Crippen molar-refractivity contribution in [1.82, 2.24) is 15.4 Å². The molecular weight excluding hydrogens is 503 g/mol. The normalized spacial score (nSPS) is 11.2. The standard InChI is InChI=1S/C20H15IN4O3S/c1-27-17-10-12(6-8-14(17)21)19(26)25-22-11-13-7-9-18(28-13)29-20-23-15-4-2-3-5-16(15)24-20/h2-11H,1H3,(H,23,24)(H,25,26)/b22-11+. The van der Waals surface area contributed by atoms with E-state index in [0.29, 0.717) is 22.2 Å². The van der Waals surface area contributed by atoms with Gasteiger partial charge in [0.25, 0.3) is 5.91 Å². The third-order valence-electron chi connectivity index (χ3n) is 3.94. The van der Waals surface area contributed by atoms with Gasteiger partial charge < -0.3 is 14.1 Å². The fourth-order valence-corrected chi connectivity index (χ4v) is 3.88. The van der Waals surface area contributed by atoms with Crippen molar-refractivity contribution in [3.63, 3.8) is 0 Å². The maximum absolute atomic E-state index is 12.2. The Morgan fingerprint density at radius 2 is 2.14 bits per heavy atom. The van der Waals surface area contributed by atoms with Crippen LogP contribution < -0.4 is 10.2 Å². The summed E-state index contributed by atoms with van der Waals surface area (Å²) >= 11 is 3.52. The van der Waals surface area contributed by atoms with Gasteiger partial charge in [-0.3, -0.25) is 4.79 Å². The number of carbonyl (C=O) groups is 1. The maximum atomic E-state index is 12.2. The van der Waals surface area contributed by atoms with Crippen molar-refractivity contribution < 1.29 is 13.9 Å². The number of amides is 1. The molecule has 7 nitrogen and oxygen atoms in total. The Morgan fingerprint density at radius 3 is 2.97 bits per heavy atom. The summed E-state index contributed by atoms with van der Waals surface area (Å²) in [4.78, 5) is 20.0. The Bertz CT molecular complexity index is 1170. The van der Waals surface area contributed by atoms with Crippen molar-refractivity contribution in [1.29, 1.82) is 0 Å². The molecule has 0 aliphatic rings. The Balaban J connectivity index is 1.38. The van der Waals surface area contributed by atoms with Crippen molar-refractivity contribution in [2.24, 2.45) is 5.10 Å². The van der Waals surface area contributed by atoms with Crippen molar-refractivity contribution in [3.05, 3.63) is 69.5 Å². The number of para-hydroxylation sites is 2. The molecule has 4 aromatic rings. The van der Waals surface area contributed by atoms with Crippen molar-refractivity contribution in [3.8, 4) is 5.75 Å². The Hall–Kier alpha value is -2.79. The molecule has 0 fully saturated rings. The molecule has 2 aromatic carbocycles. The van der Waals surface area contributed by atoms with Crippen LogP contribution in [0.3, 0.4) is 0 Å². The Morgan fingerprint density at radius 1 is 1.28 bits per heavy atom. The van der Waals surface area contributed by atoms with Gasteiger partial charge >= 0.3 is 0 Å². The number of halogens is 1. The van der Waals surface area contributed by atoms with Gasteiger partial charge in [-0.05, 0) is 76.8 Å². The molecule has 9 heteroatoms. The summed E-state index contributed by atoms with van der Waals surface area (Å²) in [5.41, 5.74) is 4.81. The monoisotopic (exact) mass is 518 g/mol. The fraction of sp³-hybridized carbons (Fsp3) is 0.0500. The fourth-order valence-electron chi connectivity index (χ4n) is 2.55. The van der Waals surface area contributed by atoms with E-state index in [4.69, 9.17) is 9.15 Å². The quantitative estimate of drug-likeness (QED) is 0.220. The number of aromatic nitrogens is 2. The lowest BCUT2D eigenvalue weighted by atomic mass is 10.2. The molecule has 0 aliphatic heterocycles. The van der Waals surface area contributed by atoms with Gasteiger partial charge in [0.2, 0.25) is 0 Å². The van der Waals surface area contributed by atoms with E-state index in [2.05, 4.69) is 43.1 Å². The lowest BCUT2D eigenvalue weighted by Gasteiger charge is -2.05. The first-order valence-corrected chi connectivity index (χ1v) is 10.4. The third-order valence-corrected chi connectivity index (χ3v) is 5.64. The molecule has 2 aromatic heterocycles. The van der Waals surface area contributed by atoms with Gasteiger partial charge in [-0.2, -0.15) is 5.10 Å². The molecule has 2 N–H and O–H groups in total. The van der Waals surface area contributed by atoms with Crippen LogP contribution in [0.25, 0.3) is 11.0 Å². The number of imidazole rings is 1. The second-order valence-corrected chi connectivity index (χ2v) is 8.02. The van der Waals surface area contributed by atoms with Crippen molar-refractivity contribution in [2.75, 3.05) is 7.11 Å². The molecule has 29 heavy (non-hydrogen) atoms. The largest absolute Gasteiger partial charge is 0.496 e. The minimum absolute atomic E-state index is 0.334. The number of furan rings is 1. The first kappa shape index (κ1) is 19.5. The van der Waals surface area contributed by atoms with Gasteiger partial charge in [-0.15, -0.1) is 0 Å². The molecule has 0 atom stereocenters. The molecule has 2 heterocycles. The van der Waals surface area contributed by atoms with Gasteiger partial charge in [0.15, 0.2) is 10.2 Å². The SMILES string of the molecule is COc1cc(C(=O)N/N=C/c2ccc(Sc3nc4ccccc4[nH]3)o2)ccc1I. The summed E-state index contributed by atoms with van der Waals surface area (Å²) in [6, 6.07) is 16.6. The third kappa shape index (κ3) is 4.62. The molecule has 0 saturated carbocycles. The van der Waals surface area contributed by atoms with E-state index in [-0.39, 0.29) is 5.91 Å². The number of aromatic amines is 1. The van der Waals surface area contributed by atoms with Crippen LogP contribution in [0.4, 0.5) is 0 Å². The number of nitrogens with zero attached hydrogens (tertiary/aromatic N) is 2. The average Bonchev–Trinajstić information content (AvgIpc) is 3.34. The summed E-state index contributed by atoms with van der Waals surface area (Å²) in [7, 11) is 1.56. The van der Waals surface area contributed by atoms with Gasteiger partial charge in [0.1, 0.15) is 11.5 Å². The number of ether oxygens (including phenoxy) is 1. The van der Waals surface area contributed by atoms with E-state index in [0.717, 1.165) is 19.8 Å². The molecular formula is C20H15IN4O3S. The van der Waals surface area contributed by atoms with Crippen molar-refractivity contribution >= 4 is 57.5 Å². The van der Waals surface area contributed by atoms with Crippen LogP contribution in [0.1, 0.15) is 16.1 Å². The number of nitrogens with one attached hydrogen (secondary N) is 2. The summed E-state index contributed by atoms with van der Waals surface area (Å²) in [6.07, 6.45) is 1.45. The number of rotatable bonds is 6. The van der Waals surface area contributed by atoms with E-state index in [1.165, 1.54) is 18.0 Å². The highest BCUT2D eigenvalue weighted by atomic mass is 127. The molecule has 0 saturated heterocycles. The highest BCUT2D eigenvalue weighted by Crippen LogP contribution is 2.28. The predicted molar refractivity (Wildman–Crippen MR) is 120 cm³/mol. The first-order valence-electron chi connectivity index (χ1n) is 8.52. The Labute approximate surface area is 184 Å². The minimum Gasteiger partial charge on any atom is -0.496 e. The molecule has 4 rings (SSSR count). The molecule has 0 aliphatic carbocycles. The van der Waals surface area contributed by atoms with Crippen LogP contribution in [0, 0.1) is 3.57 Å². The second-order valence-electron chi connectivity index (χ2n) is 5.87. The lowest BCUT2D eigenvalue weighted by molar-refractivity contribution is 0.0954. The molecule has 0 spiro atoms. The van der Waals surface area contributed by atoms with Crippen molar-refractivity contribution in [2.45, 2.75) is 10.2 Å². The smallest absolute Gasteiger partial charge is 0.271 e. The lowest BCUT2D eigenvalue weighted by Crippen LogP contribution is -2.17. The van der Waals surface area contributed by atoms with E-state index >= 15 is 0 Å². The number of benzene rings is 2. The zero-order valence-corrected chi connectivity index (χ0v) is 18.2. The van der Waals surface area contributed by atoms with Gasteiger partial charge in [0.05, 0.1) is 27.9 Å². The number of methoxy groups -OCH3 is 1. The number of hydrogen-bond acceptors (Lipinski definition) is 6. The molecule has 146 valence electrons. The summed E-state index contributed by atoms with van der Waals surface area (Å²) in [5.74, 6) is 0.823. The van der Waals surface area contributed by atoms with Crippen LogP contribution in [-0.2, 0) is 0 Å². The highest BCUT2D eigenvalue weighted by Gasteiger charge is 2.09. The first-order chi connectivity index (χ1) is 14.1. The minimum atomic E-state index is -0.334. The number of carbonyl (C=O) groups excluding carboxylic acids is 1. The number of fused-ring (bicyclic) bond motifs is 1. The predicted octanol–water partition coefficient (Wildman–Crippen LogP) is 4.68. The molecule has 0 radical (unpaired) electrons. The Kier molecular flexibility index (Phi) is 5.86. The highest BCUT2D eigenvalue weighted by molar-refractivity contribution is 14.1.